The molecule has 0 aromatic carbocycles. The zero-order chi connectivity index (χ0) is 15.3. The van der Waals surface area contributed by atoms with E-state index in [9.17, 15) is 0 Å². The molecule has 0 spiro atoms. The van der Waals surface area contributed by atoms with E-state index in [-0.39, 0.29) is 5.66 Å². The van der Waals surface area contributed by atoms with Gasteiger partial charge >= 0.3 is 0 Å². The Morgan fingerprint density at radius 1 is 0.857 bits per heavy atom. The van der Waals surface area contributed by atoms with Gasteiger partial charge in [0.15, 0.2) is 0 Å². The average molecular weight is 295 g/mol. The van der Waals surface area contributed by atoms with Crippen molar-refractivity contribution in [1.82, 2.24) is 0 Å². The minimum atomic E-state index is -0.385. The molecule has 0 radical (unpaired) electrons. The summed E-state index contributed by atoms with van der Waals surface area (Å²) in [6.45, 7) is 4.60. The van der Waals surface area contributed by atoms with E-state index < -0.39 is 0 Å². The highest BCUT2D eigenvalue weighted by Crippen LogP contribution is 2.42. The molecule has 0 aliphatic heterocycles. The van der Waals surface area contributed by atoms with E-state index in [4.69, 9.17) is 11.5 Å². The maximum Gasteiger partial charge on any atom is 0.0665 e. The summed E-state index contributed by atoms with van der Waals surface area (Å²) in [5.41, 5.74) is 12.3. The average Bonchev–Trinajstić information content (AvgIpc) is 2.44. The van der Waals surface area contributed by atoms with Crippen molar-refractivity contribution in [2.24, 2.45) is 35.1 Å². The van der Waals surface area contributed by atoms with Crippen molar-refractivity contribution in [3.8, 4) is 0 Å². The second-order valence-corrected chi connectivity index (χ2v) is 8.16. The Bertz CT molecular complexity index is 298. The summed E-state index contributed by atoms with van der Waals surface area (Å²) >= 11 is 0. The summed E-state index contributed by atoms with van der Waals surface area (Å²) in [5, 5.41) is 0. The lowest BCUT2D eigenvalue weighted by Crippen LogP contribution is -2.58. The zero-order valence-electron chi connectivity index (χ0n) is 14.4. The predicted octanol–water partition coefficient (Wildman–Crippen LogP) is 4.81. The van der Waals surface area contributed by atoms with Crippen molar-refractivity contribution in [3.63, 3.8) is 0 Å². The quantitative estimate of drug-likeness (QED) is 0.690. The first kappa shape index (κ1) is 17.3. The van der Waals surface area contributed by atoms with E-state index >= 15 is 0 Å². The Morgan fingerprint density at radius 2 is 1.52 bits per heavy atom. The molecule has 2 aliphatic carbocycles. The molecule has 2 aliphatic rings. The topological polar surface area (TPSA) is 52.0 Å². The van der Waals surface area contributed by atoms with Crippen LogP contribution in [0.2, 0.25) is 0 Å². The van der Waals surface area contributed by atoms with Gasteiger partial charge in [-0.05, 0) is 62.2 Å². The number of nitrogens with two attached hydrogens (primary N) is 2. The maximum absolute atomic E-state index is 6.34. The Kier molecular flexibility index (Phi) is 6.55. The fraction of sp³-hybridized carbons (Fsp3) is 1.00. The van der Waals surface area contributed by atoms with Crippen LogP contribution in [-0.2, 0) is 0 Å². The normalized spacial score (nSPS) is 36.6. The van der Waals surface area contributed by atoms with Crippen LogP contribution in [0.3, 0.4) is 0 Å². The third-order valence-corrected chi connectivity index (χ3v) is 6.26. The molecule has 0 aromatic rings. The Balaban J connectivity index is 1.82. The van der Waals surface area contributed by atoms with Crippen LogP contribution in [0, 0.1) is 23.7 Å². The molecule has 0 saturated heterocycles. The lowest BCUT2D eigenvalue weighted by Gasteiger charge is -2.43. The van der Waals surface area contributed by atoms with Gasteiger partial charge in [-0.15, -0.1) is 0 Å². The van der Waals surface area contributed by atoms with Crippen LogP contribution >= 0.6 is 0 Å². The minimum absolute atomic E-state index is 0.385. The number of hydrogen-bond acceptors (Lipinski definition) is 2. The van der Waals surface area contributed by atoms with Gasteiger partial charge in [0.05, 0.1) is 5.66 Å². The molecule has 2 nitrogen and oxygen atoms in total. The van der Waals surface area contributed by atoms with Crippen molar-refractivity contribution in [2.45, 2.75) is 96.6 Å². The largest absolute Gasteiger partial charge is 0.313 e. The fourth-order valence-electron chi connectivity index (χ4n) is 5.11. The molecule has 2 fully saturated rings. The van der Waals surface area contributed by atoms with E-state index in [0.717, 1.165) is 24.2 Å². The van der Waals surface area contributed by atoms with Gasteiger partial charge in [-0.3, -0.25) is 0 Å². The maximum atomic E-state index is 6.34. The molecule has 4 N–H and O–H groups in total. The molecular weight excluding hydrogens is 256 g/mol. The van der Waals surface area contributed by atoms with Crippen LogP contribution in [0.25, 0.3) is 0 Å². The SMILES string of the molecule is CCCC1CCCC(CC2CCC(N)(N)C(CCC)C2)C1. The highest BCUT2D eigenvalue weighted by molar-refractivity contribution is 4.92. The predicted molar refractivity (Wildman–Crippen MR) is 91.8 cm³/mol. The minimum Gasteiger partial charge on any atom is -0.313 e. The van der Waals surface area contributed by atoms with Gasteiger partial charge in [-0.1, -0.05) is 52.4 Å². The molecule has 4 atom stereocenters. The molecule has 0 aromatic heterocycles. The van der Waals surface area contributed by atoms with Gasteiger partial charge in [0.1, 0.15) is 0 Å². The summed E-state index contributed by atoms with van der Waals surface area (Å²) in [7, 11) is 0. The second-order valence-electron chi connectivity index (χ2n) is 8.16. The molecule has 0 heterocycles. The first-order valence-corrected chi connectivity index (χ1v) is 9.62. The Hall–Kier alpha value is -0.0800. The molecule has 21 heavy (non-hydrogen) atoms. The van der Waals surface area contributed by atoms with Gasteiger partial charge in [-0.2, -0.15) is 0 Å². The van der Waals surface area contributed by atoms with E-state index in [2.05, 4.69) is 13.8 Å². The van der Waals surface area contributed by atoms with Gasteiger partial charge in [0, 0.05) is 0 Å². The lowest BCUT2D eigenvalue weighted by atomic mass is 9.68. The fourth-order valence-corrected chi connectivity index (χ4v) is 5.11. The van der Waals surface area contributed by atoms with E-state index in [1.807, 2.05) is 0 Å². The lowest BCUT2D eigenvalue weighted by molar-refractivity contribution is 0.111. The van der Waals surface area contributed by atoms with Crippen molar-refractivity contribution < 1.29 is 0 Å². The standard InChI is InChI=1S/C19H38N2/c1-3-6-15-8-5-9-16(12-15)13-17-10-11-19(20,21)18(14-17)7-4-2/h15-18H,3-14,20-21H2,1-2H3. The van der Waals surface area contributed by atoms with Crippen molar-refractivity contribution in [3.05, 3.63) is 0 Å². The van der Waals surface area contributed by atoms with Crippen LogP contribution in [-0.4, -0.2) is 5.66 Å². The van der Waals surface area contributed by atoms with Crippen LogP contribution in [0.1, 0.15) is 90.9 Å². The number of hydrogen-bond donors (Lipinski definition) is 2. The van der Waals surface area contributed by atoms with Crippen molar-refractivity contribution in [1.29, 1.82) is 0 Å². The Morgan fingerprint density at radius 3 is 2.24 bits per heavy atom. The van der Waals surface area contributed by atoms with Gasteiger partial charge < -0.3 is 11.5 Å². The van der Waals surface area contributed by atoms with Crippen LogP contribution in [0.4, 0.5) is 0 Å². The molecule has 0 amide bonds. The molecule has 4 unspecified atom stereocenters. The van der Waals surface area contributed by atoms with E-state index in [1.165, 1.54) is 70.6 Å². The summed E-state index contributed by atoms with van der Waals surface area (Å²) in [6, 6.07) is 0. The van der Waals surface area contributed by atoms with Crippen LogP contribution in [0.5, 0.6) is 0 Å². The summed E-state index contributed by atoms with van der Waals surface area (Å²) in [4.78, 5) is 0. The monoisotopic (exact) mass is 294 g/mol. The molecular formula is C19H38N2. The summed E-state index contributed by atoms with van der Waals surface area (Å²) in [6.07, 6.45) is 16.2. The second kappa shape index (κ2) is 7.97. The first-order chi connectivity index (χ1) is 10.0. The third kappa shape index (κ3) is 4.96. The van der Waals surface area contributed by atoms with Gasteiger partial charge in [0.25, 0.3) is 0 Å². The smallest absolute Gasteiger partial charge is 0.0665 e. The van der Waals surface area contributed by atoms with Gasteiger partial charge in [0.2, 0.25) is 0 Å². The van der Waals surface area contributed by atoms with Crippen LogP contribution in [0.15, 0.2) is 0 Å². The zero-order valence-corrected chi connectivity index (χ0v) is 14.4. The first-order valence-electron chi connectivity index (χ1n) is 9.62. The highest BCUT2D eigenvalue weighted by Gasteiger charge is 2.37. The van der Waals surface area contributed by atoms with E-state index in [0.29, 0.717) is 5.92 Å². The van der Waals surface area contributed by atoms with Crippen LogP contribution < -0.4 is 11.5 Å². The Labute approximate surface area is 132 Å². The van der Waals surface area contributed by atoms with Crippen molar-refractivity contribution >= 4 is 0 Å². The third-order valence-electron chi connectivity index (χ3n) is 6.26. The molecule has 2 rings (SSSR count). The van der Waals surface area contributed by atoms with Crippen molar-refractivity contribution in [2.75, 3.05) is 0 Å². The summed E-state index contributed by atoms with van der Waals surface area (Å²) < 4.78 is 0. The molecule has 2 saturated carbocycles. The number of rotatable bonds is 6. The highest BCUT2D eigenvalue weighted by atomic mass is 15.0. The molecule has 124 valence electrons. The molecule has 2 heteroatoms. The molecule has 0 bridgehead atoms. The van der Waals surface area contributed by atoms with Gasteiger partial charge in [-0.25, -0.2) is 0 Å². The van der Waals surface area contributed by atoms with E-state index in [1.54, 1.807) is 0 Å². The summed E-state index contributed by atoms with van der Waals surface area (Å²) in [5.74, 6) is 3.46.